The van der Waals surface area contributed by atoms with Crippen LogP contribution < -0.4 is 16.0 Å². The first-order valence-electron chi connectivity index (χ1n) is 8.80. The number of nitrogens with zero attached hydrogens (tertiary/aromatic N) is 2. The van der Waals surface area contributed by atoms with Crippen molar-refractivity contribution in [2.75, 3.05) is 49.2 Å². The Morgan fingerprint density at radius 2 is 1.76 bits per heavy atom. The number of benzene rings is 2. The third kappa shape index (κ3) is 4.12. The molecule has 1 aliphatic rings. The SMILES string of the molecule is CCc1ccc(C(=O)Nc2ccc(N3CCN(C)CC3)c(N)c2)cc1. The number of carbonyl (C=O) groups is 1. The molecule has 132 valence electrons. The molecular weight excluding hydrogens is 312 g/mol. The van der Waals surface area contributed by atoms with Crippen molar-refractivity contribution >= 4 is 23.0 Å². The van der Waals surface area contributed by atoms with Gasteiger partial charge in [0.2, 0.25) is 0 Å². The van der Waals surface area contributed by atoms with Gasteiger partial charge >= 0.3 is 0 Å². The molecule has 0 radical (unpaired) electrons. The van der Waals surface area contributed by atoms with Gasteiger partial charge in [-0.1, -0.05) is 19.1 Å². The number of nitrogens with two attached hydrogens (primary N) is 1. The predicted molar refractivity (Wildman–Crippen MR) is 104 cm³/mol. The average Bonchev–Trinajstić information content (AvgIpc) is 2.63. The number of hydrogen-bond acceptors (Lipinski definition) is 4. The molecule has 5 heteroatoms. The maximum Gasteiger partial charge on any atom is 0.255 e. The van der Waals surface area contributed by atoms with Crippen LogP contribution in [0.3, 0.4) is 0 Å². The van der Waals surface area contributed by atoms with Crippen LogP contribution in [0.5, 0.6) is 0 Å². The summed E-state index contributed by atoms with van der Waals surface area (Å²) in [6.07, 6.45) is 0.964. The number of aryl methyl sites for hydroxylation is 1. The Morgan fingerprint density at radius 3 is 2.36 bits per heavy atom. The Balaban J connectivity index is 1.68. The van der Waals surface area contributed by atoms with Crippen molar-refractivity contribution in [3.8, 4) is 0 Å². The number of piperazine rings is 1. The Labute approximate surface area is 149 Å². The van der Waals surface area contributed by atoms with Crippen LogP contribution in [0, 0.1) is 0 Å². The molecule has 3 N–H and O–H groups in total. The lowest BCUT2D eigenvalue weighted by atomic mass is 10.1. The zero-order valence-electron chi connectivity index (χ0n) is 15.0. The molecule has 5 nitrogen and oxygen atoms in total. The van der Waals surface area contributed by atoms with Gasteiger partial charge in [0.05, 0.1) is 11.4 Å². The highest BCUT2D eigenvalue weighted by Crippen LogP contribution is 2.27. The molecule has 0 aromatic heterocycles. The molecule has 1 fully saturated rings. The first-order valence-corrected chi connectivity index (χ1v) is 8.80. The van der Waals surface area contributed by atoms with Crippen LogP contribution in [0.15, 0.2) is 42.5 Å². The highest BCUT2D eigenvalue weighted by atomic mass is 16.1. The number of anilines is 3. The quantitative estimate of drug-likeness (QED) is 0.842. The number of amides is 1. The molecule has 2 aromatic rings. The highest BCUT2D eigenvalue weighted by molar-refractivity contribution is 6.04. The van der Waals surface area contributed by atoms with E-state index in [0.717, 1.165) is 44.0 Å². The third-order valence-corrected chi connectivity index (χ3v) is 4.75. The summed E-state index contributed by atoms with van der Waals surface area (Å²) >= 11 is 0. The zero-order chi connectivity index (χ0) is 17.8. The fourth-order valence-corrected chi connectivity index (χ4v) is 3.06. The Morgan fingerprint density at radius 1 is 1.08 bits per heavy atom. The second-order valence-corrected chi connectivity index (χ2v) is 6.57. The van der Waals surface area contributed by atoms with Crippen LogP contribution in [0.2, 0.25) is 0 Å². The second kappa shape index (κ2) is 7.57. The first kappa shape index (κ1) is 17.3. The number of carbonyl (C=O) groups excluding carboxylic acids is 1. The third-order valence-electron chi connectivity index (χ3n) is 4.75. The minimum Gasteiger partial charge on any atom is -0.397 e. The van der Waals surface area contributed by atoms with Gasteiger partial charge in [-0.3, -0.25) is 4.79 Å². The van der Waals surface area contributed by atoms with Crippen molar-refractivity contribution in [1.82, 2.24) is 4.90 Å². The number of hydrogen-bond donors (Lipinski definition) is 2. The molecule has 1 heterocycles. The standard InChI is InChI=1S/C20H26N4O/c1-3-15-4-6-16(7-5-15)20(25)22-17-8-9-19(18(21)14-17)24-12-10-23(2)11-13-24/h4-9,14H,3,10-13,21H2,1-2H3,(H,22,25). The fraction of sp³-hybridized carbons (Fsp3) is 0.350. The van der Waals surface area contributed by atoms with Crippen LogP contribution in [0.4, 0.5) is 17.1 Å². The molecule has 0 unspecified atom stereocenters. The summed E-state index contributed by atoms with van der Waals surface area (Å²) in [4.78, 5) is 17.0. The van der Waals surface area contributed by atoms with E-state index < -0.39 is 0 Å². The fourth-order valence-electron chi connectivity index (χ4n) is 3.06. The molecule has 0 bridgehead atoms. The summed E-state index contributed by atoms with van der Waals surface area (Å²) in [6.45, 7) is 6.10. The minimum atomic E-state index is -0.116. The van der Waals surface area contributed by atoms with Crippen LogP contribution in [0.25, 0.3) is 0 Å². The van der Waals surface area contributed by atoms with E-state index in [-0.39, 0.29) is 5.91 Å². The normalized spacial score (nSPS) is 15.2. The minimum absolute atomic E-state index is 0.116. The monoisotopic (exact) mass is 338 g/mol. The Bertz CT molecular complexity index is 734. The van der Waals surface area contributed by atoms with Gasteiger partial charge in [-0.15, -0.1) is 0 Å². The summed E-state index contributed by atoms with van der Waals surface area (Å²) < 4.78 is 0. The van der Waals surface area contributed by atoms with E-state index in [0.29, 0.717) is 11.3 Å². The van der Waals surface area contributed by atoms with E-state index in [4.69, 9.17) is 5.73 Å². The lowest BCUT2D eigenvalue weighted by molar-refractivity contribution is 0.102. The van der Waals surface area contributed by atoms with Gasteiger partial charge in [-0.25, -0.2) is 0 Å². The van der Waals surface area contributed by atoms with Crippen LogP contribution >= 0.6 is 0 Å². The number of nitrogen functional groups attached to an aromatic ring is 1. The maximum atomic E-state index is 12.4. The number of nitrogens with one attached hydrogen (secondary N) is 1. The number of rotatable bonds is 4. The van der Waals surface area contributed by atoms with E-state index in [1.165, 1.54) is 5.56 Å². The molecule has 3 rings (SSSR count). The lowest BCUT2D eigenvalue weighted by Crippen LogP contribution is -2.44. The second-order valence-electron chi connectivity index (χ2n) is 6.57. The molecule has 0 aliphatic carbocycles. The summed E-state index contributed by atoms with van der Waals surface area (Å²) in [7, 11) is 2.13. The van der Waals surface area contributed by atoms with E-state index >= 15 is 0 Å². The Hall–Kier alpha value is -2.53. The van der Waals surface area contributed by atoms with E-state index in [1.807, 2.05) is 42.5 Å². The van der Waals surface area contributed by atoms with Crippen molar-refractivity contribution in [2.24, 2.45) is 0 Å². The maximum absolute atomic E-state index is 12.4. The van der Waals surface area contributed by atoms with Gasteiger partial charge < -0.3 is 20.9 Å². The molecule has 2 aromatic carbocycles. The zero-order valence-corrected chi connectivity index (χ0v) is 15.0. The van der Waals surface area contributed by atoms with Crippen molar-refractivity contribution in [2.45, 2.75) is 13.3 Å². The van der Waals surface area contributed by atoms with Crippen molar-refractivity contribution in [3.63, 3.8) is 0 Å². The van der Waals surface area contributed by atoms with Gasteiger partial charge in [0, 0.05) is 37.4 Å². The smallest absolute Gasteiger partial charge is 0.255 e. The van der Waals surface area contributed by atoms with E-state index in [9.17, 15) is 4.79 Å². The molecule has 1 saturated heterocycles. The largest absolute Gasteiger partial charge is 0.397 e. The molecule has 0 spiro atoms. The van der Waals surface area contributed by atoms with Gasteiger partial charge in [-0.2, -0.15) is 0 Å². The van der Waals surface area contributed by atoms with E-state index in [1.54, 1.807) is 0 Å². The topological polar surface area (TPSA) is 61.6 Å². The van der Waals surface area contributed by atoms with Crippen molar-refractivity contribution in [1.29, 1.82) is 0 Å². The van der Waals surface area contributed by atoms with Crippen LogP contribution in [-0.4, -0.2) is 44.0 Å². The van der Waals surface area contributed by atoms with Gasteiger partial charge in [0.15, 0.2) is 0 Å². The summed E-state index contributed by atoms with van der Waals surface area (Å²) in [5.74, 6) is -0.116. The average molecular weight is 338 g/mol. The number of likely N-dealkylation sites (N-methyl/N-ethyl adjacent to an activating group) is 1. The molecule has 0 saturated carbocycles. The van der Waals surface area contributed by atoms with Gasteiger partial charge in [0.1, 0.15) is 0 Å². The van der Waals surface area contributed by atoms with Gasteiger partial charge in [0.25, 0.3) is 5.91 Å². The van der Waals surface area contributed by atoms with Gasteiger partial charge in [-0.05, 0) is 49.4 Å². The van der Waals surface area contributed by atoms with Crippen molar-refractivity contribution in [3.05, 3.63) is 53.6 Å². The predicted octanol–water partition coefficient (Wildman–Crippen LogP) is 2.84. The lowest BCUT2D eigenvalue weighted by Gasteiger charge is -2.34. The van der Waals surface area contributed by atoms with Crippen LogP contribution in [-0.2, 0) is 6.42 Å². The van der Waals surface area contributed by atoms with E-state index in [2.05, 4.69) is 29.1 Å². The molecule has 1 amide bonds. The molecule has 25 heavy (non-hydrogen) atoms. The van der Waals surface area contributed by atoms with Crippen molar-refractivity contribution < 1.29 is 4.79 Å². The first-order chi connectivity index (χ1) is 12.1. The molecular formula is C20H26N4O. The molecule has 1 aliphatic heterocycles. The Kier molecular flexibility index (Phi) is 5.24. The highest BCUT2D eigenvalue weighted by Gasteiger charge is 2.16. The molecule has 0 atom stereocenters. The van der Waals surface area contributed by atoms with Crippen LogP contribution in [0.1, 0.15) is 22.8 Å². The summed E-state index contributed by atoms with van der Waals surface area (Å²) in [5.41, 5.74) is 10.6. The summed E-state index contributed by atoms with van der Waals surface area (Å²) in [5, 5.41) is 2.93. The summed E-state index contributed by atoms with van der Waals surface area (Å²) in [6, 6.07) is 13.4.